The first-order valence-electron chi connectivity index (χ1n) is 9.64. The maximum absolute atomic E-state index is 13.0. The molecule has 0 atom stereocenters. The van der Waals surface area contributed by atoms with E-state index in [1.807, 2.05) is 0 Å². The number of fused-ring (bicyclic) bond motifs is 4. The molecule has 5 rings (SSSR count). The van der Waals surface area contributed by atoms with Crippen LogP contribution < -0.4 is 5.32 Å². The molecule has 8 heteroatoms. The van der Waals surface area contributed by atoms with E-state index in [4.69, 9.17) is 0 Å². The van der Waals surface area contributed by atoms with Crippen LogP contribution in [-0.4, -0.2) is 30.4 Å². The van der Waals surface area contributed by atoms with Crippen LogP contribution in [0.1, 0.15) is 29.7 Å². The fourth-order valence-corrected chi connectivity index (χ4v) is 8.16. The zero-order valence-electron chi connectivity index (χ0n) is 16.3. The quantitative estimate of drug-likeness (QED) is 0.547. The second-order valence-electron chi connectivity index (χ2n) is 7.84. The summed E-state index contributed by atoms with van der Waals surface area (Å²) in [5, 5.41) is 3.79. The smallest absolute Gasteiger partial charge is 0.252 e. The van der Waals surface area contributed by atoms with Gasteiger partial charge in [-0.2, -0.15) is 4.31 Å². The van der Waals surface area contributed by atoms with Crippen molar-refractivity contribution in [1.29, 1.82) is 0 Å². The Balaban J connectivity index is 1.48. The van der Waals surface area contributed by atoms with Crippen molar-refractivity contribution < 1.29 is 8.42 Å². The topological polar surface area (TPSA) is 54.3 Å². The molecule has 2 aliphatic heterocycles. The van der Waals surface area contributed by atoms with Gasteiger partial charge in [0.25, 0.3) is 10.0 Å². The van der Waals surface area contributed by atoms with E-state index in [0.29, 0.717) is 17.3 Å². The van der Waals surface area contributed by atoms with Crippen molar-refractivity contribution in [1.82, 2.24) is 8.87 Å². The van der Waals surface area contributed by atoms with E-state index in [9.17, 15) is 8.42 Å². The number of aryl methyl sites for hydroxylation is 1. The van der Waals surface area contributed by atoms with Gasteiger partial charge in [0, 0.05) is 25.0 Å². The van der Waals surface area contributed by atoms with Gasteiger partial charge < -0.3 is 9.88 Å². The molecule has 1 fully saturated rings. The van der Waals surface area contributed by atoms with Crippen molar-refractivity contribution in [3.8, 4) is 5.69 Å². The molecule has 3 aromatic rings. The summed E-state index contributed by atoms with van der Waals surface area (Å²) in [6.07, 6.45) is 3.58. The maximum Gasteiger partial charge on any atom is 0.252 e. The summed E-state index contributed by atoms with van der Waals surface area (Å²) in [5.74, 6) is 0. The Labute approximate surface area is 183 Å². The molecule has 1 N–H and O–H groups in total. The summed E-state index contributed by atoms with van der Waals surface area (Å²) < 4.78 is 31.2. The Hall–Kier alpha value is -1.61. The average molecular weight is 492 g/mol. The first-order valence-corrected chi connectivity index (χ1v) is 12.7. The summed E-state index contributed by atoms with van der Waals surface area (Å²) in [6, 6.07) is 12.0. The third kappa shape index (κ3) is 2.91. The van der Waals surface area contributed by atoms with Crippen LogP contribution in [0.4, 0.5) is 5.69 Å². The lowest BCUT2D eigenvalue weighted by atomic mass is 9.82. The summed E-state index contributed by atoms with van der Waals surface area (Å²) in [4.78, 5) is 0. The van der Waals surface area contributed by atoms with Gasteiger partial charge >= 0.3 is 0 Å². The van der Waals surface area contributed by atoms with E-state index in [1.165, 1.54) is 33.8 Å². The molecule has 0 bridgehead atoms. The van der Waals surface area contributed by atoms with Crippen LogP contribution in [0.2, 0.25) is 0 Å². The Morgan fingerprint density at radius 2 is 1.86 bits per heavy atom. The predicted octanol–water partition coefficient (Wildman–Crippen LogP) is 5.02. The minimum atomic E-state index is -3.45. The van der Waals surface area contributed by atoms with Crippen LogP contribution in [0, 0.1) is 13.8 Å². The van der Waals surface area contributed by atoms with E-state index in [0.717, 1.165) is 22.3 Å². The number of sulfonamides is 1. The van der Waals surface area contributed by atoms with Crippen LogP contribution >= 0.6 is 27.3 Å². The van der Waals surface area contributed by atoms with Gasteiger partial charge in [0.15, 0.2) is 0 Å². The number of hydrogen-bond acceptors (Lipinski definition) is 4. The normalized spacial score (nSPS) is 18.3. The SMILES string of the molecule is Cc1ccc2c(c1C)-n1cccc1C1(CCN(S(=O)(=O)c3ccc(Br)s3)CC1)N2. The zero-order valence-corrected chi connectivity index (χ0v) is 19.5. The van der Waals surface area contributed by atoms with Crippen molar-refractivity contribution in [3.05, 3.63) is 63.2 Å². The van der Waals surface area contributed by atoms with Crippen LogP contribution in [-0.2, 0) is 15.6 Å². The number of nitrogens with zero attached hydrogens (tertiary/aromatic N) is 2. The van der Waals surface area contributed by atoms with E-state index in [2.05, 4.69) is 70.1 Å². The predicted molar refractivity (Wildman–Crippen MR) is 121 cm³/mol. The van der Waals surface area contributed by atoms with Gasteiger partial charge in [0.2, 0.25) is 0 Å². The van der Waals surface area contributed by atoms with Gasteiger partial charge in [-0.3, -0.25) is 0 Å². The fraction of sp³-hybridized carbons (Fsp3) is 0.333. The van der Waals surface area contributed by atoms with Gasteiger partial charge in [-0.25, -0.2) is 8.42 Å². The second kappa shape index (κ2) is 6.70. The molecule has 0 radical (unpaired) electrons. The molecule has 2 aliphatic rings. The molecular formula is C21H22BrN3O2S2. The molecule has 0 unspecified atom stereocenters. The van der Waals surface area contributed by atoms with Crippen LogP contribution in [0.25, 0.3) is 5.69 Å². The third-order valence-electron chi connectivity index (χ3n) is 6.27. The molecule has 1 saturated heterocycles. The molecule has 5 nitrogen and oxygen atoms in total. The zero-order chi connectivity index (χ0) is 20.4. The lowest BCUT2D eigenvalue weighted by molar-refractivity contribution is 0.248. The van der Waals surface area contributed by atoms with Gasteiger partial charge in [0.05, 0.1) is 20.7 Å². The van der Waals surface area contributed by atoms with Crippen molar-refractivity contribution in [2.75, 3.05) is 18.4 Å². The first-order chi connectivity index (χ1) is 13.8. The Morgan fingerprint density at radius 1 is 1.10 bits per heavy atom. The van der Waals surface area contributed by atoms with Crippen molar-refractivity contribution >= 4 is 43.0 Å². The number of nitrogens with one attached hydrogen (secondary N) is 1. The van der Waals surface area contributed by atoms with E-state index in [-0.39, 0.29) is 5.54 Å². The lowest BCUT2D eigenvalue weighted by Gasteiger charge is -2.46. The molecule has 1 aromatic carbocycles. The summed E-state index contributed by atoms with van der Waals surface area (Å²) in [5.41, 5.74) is 5.83. The van der Waals surface area contributed by atoms with Crippen LogP contribution in [0.15, 0.2) is 50.6 Å². The maximum atomic E-state index is 13.0. The summed E-state index contributed by atoms with van der Waals surface area (Å²) in [7, 11) is -3.45. The first kappa shape index (κ1) is 19.4. The highest BCUT2D eigenvalue weighted by Crippen LogP contribution is 2.45. The Bertz CT molecular complexity index is 1200. The monoisotopic (exact) mass is 491 g/mol. The fourth-order valence-electron chi connectivity index (χ4n) is 4.55. The standard InChI is InChI=1S/C21H22BrN3O2S2/c1-14-5-6-16-20(15(14)2)25-11-3-4-17(25)21(23-16)9-12-24(13-10-21)29(26,27)19-8-7-18(22)28-19/h3-8,11,23H,9-10,12-13H2,1-2H3. The van der Waals surface area contributed by atoms with Gasteiger partial charge in [0.1, 0.15) is 4.21 Å². The van der Waals surface area contributed by atoms with Gasteiger partial charge in [-0.05, 0) is 84.1 Å². The van der Waals surface area contributed by atoms with Crippen molar-refractivity contribution in [2.45, 2.75) is 36.4 Å². The van der Waals surface area contributed by atoms with Crippen LogP contribution in [0.3, 0.4) is 0 Å². The number of halogens is 1. The van der Waals surface area contributed by atoms with Crippen LogP contribution in [0.5, 0.6) is 0 Å². The molecular weight excluding hydrogens is 470 g/mol. The van der Waals surface area contributed by atoms with Gasteiger partial charge in [-0.15, -0.1) is 11.3 Å². The van der Waals surface area contributed by atoms with E-state index >= 15 is 0 Å². The number of benzene rings is 1. The molecule has 0 saturated carbocycles. The minimum absolute atomic E-state index is 0.250. The molecule has 152 valence electrons. The number of aromatic nitrogens is 1. The number of anilines is 1. The summed E-state index contributed by atoms with van der Waals surface area (Å²) >= 11 is 4.63. The van der Waals surface area contributed by atoms with E-state index in [1.54, 1.807) is 16.4 Å². The second-order valence-corrected chi connectivity index (χ2v) is 12.5. The molecule has 2 aromatic heterocycles. The third-order valence-corrected chi connectivity index (χ3v) is 10.3. The number of piperidine rings is 1. The minimum Gasteiger partial charge on any atom is -0.372 e. The highest BCUT2D eigenvalue weighted by atomic mass is 79.9. The van der Waals surface area contributed by atoms with Gasteiger partial charge in [-0.1, -0.05) is 6.07 Å². The highest BCUT2D eigenvalue weighted by Gasteiger charge is 2.44. The molecule has 0 amide bonds. The van der Waals surface area contributed by atoms with Crippen molar-refractivity contribution in [3.63, 3.8) is 0 Å². The lowest BCUT2D eigenvalue weighted by Crippen LogP contribution is -2.51. The largest absolute Gasteiger partial charge is 0.372 e. The molecule has 29 heavy (non-hydrogen) atoms. The van der Waals surface area contributed by atoms with Crippen molar-refractivity contribution in [2.24, 2.45) is 0 Å². The Kier molecular flexibility index (Phi) is 4.47. The highest BCUT2D eigenvalue weighted by molar-refractivity contribution is 9.11. The Morgan fingerprint density at radius 3 is 2.55 bits per heavy atom. The number of hydrogen-bond donors (Lipinski definition) is 1. The number of thiophene rings is 1. The summed E-state index contributed by atoms with van der Waals surface area (Å²) in [6.45, 7) is 5.29. The molecule has 0 aliphatic carbocycles. The molecule has 1 spiro atoms. The van der Waals surface area contributed by atoms with E-state index < -0.39 is 10.0 Å². The molecule has 4 heterocycles. The average Bonchev–Trinajstić information content (AvgIpc) is 3.35. The number of rotatable bonds is 2.